The Morgan fingerprint density at radius 1 is 1.42 bits per heavy atom. The number of rotatable bonds is 5. The molecule has 0 saturated heterocycles. The zero-order valence-corrected chi connectivity index (χ0v) is 11.1. The lowest BCUT2D eigenvalue weighted by Crippen LogP contribution is -2.32. The second-order valence-electron chi connectivity index (χ2n) is 3.91. The van der Waals surface area contributed by atoms with Crippen molar-refractivity contribution in [3.8, 4) is 0 Å². The van der Waals surface area contributed by atoms with E-state index in [1.165, 1.54) is 25.1 Å². The van der Waals surface area contributed by atoms with Crippen molar-refractivity contribution in [2.24, 2.45) is 0 Å². The molecule has 106 valence electrons. The van der Waals surface area contributed by atoms with Crippen LogP contribution in [0.4, 0.5) is 8.78 Å². The summed E-state index contributed by atoms with van der Waals surface area (Å²) in [4.78, 5) is 10.6. The van der Waals surface area contributed by atoms with Crippen molar-refractivity contribution in [3.05, 3.63) is 29.3 Å². The van der Waals surface area contributed by atoms with E-state index in [0.717, 1.165) is 7.05 Å². The molecule has 0 amide bonds. The third kappa shape index (κ3) is 3.27. The van der Waals surface area contributed by atoms with Crippen LogP contribution >= 0.6 is 0 Å². The number of halogens is 2. The number of carbonyl (C=O) groups is 1. The van der Waals surface area contributed by atoms with Crippen LogP contribution in [0.3, 0.4) is 0 Å². The summed E-state index contributed by atoms with van der Waals surface area (Å²) in [7, 11) is -3.11. The highest BCUT2D eigenvalue weighted by Gasteiger charge is 2.26. The van der Waals surface area contributed by atoms with E-state index in [-0.39, 0.29) is 16.0 Å². The molecule has 0 atom stereocenters. The molecule has 0 fully saturated rings. The van der Waals surface area contributed by atoms with Crippen LogP contribution in [0.2, 0.25) is 0 Å². The van der Waals surface area contributed by atoms with Crippen LogP contribution in [0.15, 0.2) is 23.1 Å². The molecule has 8 heteroatoms. The van der Waals surface area contributed by atoms with Crippen molar-refractivity contribution in [1.29, 1.82) is 0 Å². The molecular weight excluding hydrogens is 280 g/mol. The Balaban J connectivity index is 3.30. The minimum absolute atomic E-state index is 0.0242. The van der Waals surface area contributed by atoms with Gasteiger partial charge in [0.2, 0.25) is 10.0 Å². The molecule has 1 N–H and O–H groups in total. The fourth-order valence-corrected chi connectivity index (χ4v) is 2.98. The zero-order chi connectivity index (χ0) is 14.8. The lowest BCUT2D eigenvalue weighted by Gasteiger charge is -2.18. The van der Waals surface area contributed by atoms with Gasteiger partial charge in [0, 0.05) is 7.05 Å². The Labute approximate surface area is 109 Å². The molecule has 0 aliphatic rings. The van der Waals surface area contributed by atoms with Gasteiger partial charge in [0.05, 0.1) is 17.0 Å². The van der Waals surface area contributed by atoms with Gasteiger partial charge in [0.25, 0.3) is 6.43 Å². The van der Waals surface area contributed by atoms with Gasteiger partial charge in [-0.2, -0.15) is 4.31 Å². The summed E-state index contributed by atoms with van der Waals surface area (Å²) in [5.74, 6) is -1.27. The normalized spacial score (nSPS) is 12.1. The zero-order valence-electron chi connectivity index (χ0n) is 10.3. The number of nitrogens with zero attached hydrogens (tertiary/aromatic N) is 1. The van der Waals surface area contributed by atoms with Crippen molar-refractivity contribution < 1.29 is 27.1 Å². The summed E-state index contributed by atoms with van der Waals surface area (Å²) in [6.07, 6.45) is -2.80. The third-order valence-corrected chi connectivity index (χ3v) is 4.57. The molecule has 5 nitrogen and oxygen atoms in total. The monoisotopic (exact) mass is 293 g/mol. The summed E-state index contributed by atoms with van der Waals surface area (Å²) in [5, 5.41) is 8.91. The van der Waals surface area contributed by atoms with Gasteiger partial charge in [-0.05, 0) is 24.6 Å². The SMILES string of the molecule is Cc1c(C(=O)O)cccc1S(=O)(=O)N(C)CC(F)F. The average molecular weight is 293 g/mol. The van der Waals surface area contributed by atoms with Crippen LogP contribution in [0.5, 0.6) is 0 Å². The van der Waals surface area contributed by atoms with Gasteiger partial charge < -0.3 is 5.11 Å². The first-order chi connectivity index (χ1) is 8.67. The molecule has 0 spiro atoms. The minimum atomic E-state index is -4.13. The maximum Gasteiger partial charge on any atom is 0.335 e. The molecule has 0 radical (unpaired) electrons. The van der Waals surface area contributed by atoms with E-state index >= 15 is 0 Å². The van der Waals surface area contributed by atoms with Crippen LogP contribution in [0.25, 0.3) is 0 Å². The first kappa shape index (κ1) is 15.5. The fraction of sp³-hybridized carbons (Fsp3) is 0.364. The maximum atomic E-state index is 12.2. The van der Waals surface area contributed by atoms with E-state index in [4.69, 9.17) is 5.11 Å². The van der Waals surface area contributed by atoms with Crippen LogP contribution in [0, 0.1) is 6.92 Å². The maximum absolute atomic E-state index is 12.2. The fourth-order valence-electron chi connectivity index (χ4n) is 1.59. The minimum Gasteiger partial charge on any atom is -0.478 e. The Morgan fingerprint density at radius 2 is 2.00 bits per heavy atom. The molecule has 0 saturated carbocycles. The Kier molecular flexibility index (Phi) is 4.59. The van der Waals surface area contributed by atoms with Gasteiger partial charge in [0.1, 0.15) is 0 Å². The average Bonchev–Trinajstić information content (AvgIpc) is 2.27. The number of benzene rings is 1. The van der Waals surface area contributed by atoms with Gasteiger partial charge in [-0.15, -0.1) is 0 Å². The largest absolute Gasteiger partial charge is 0.478 e. The molecule has 0 aromatic heterocycles. The second-order valence-corrected chi connectivity index (χ2v) is 5.92. The van der Waals surface area contributed by atoms with Crippen molar-refractivity contribution in [3.63, 3.8) is 0 Å². The highest BCUT2D eigenvalue weighted by Crippen LogP contribution is 2.22. The second kappa shape index (κ2) is 5.62. The Bertz CT molecular complexity index is 586. The van der Waals surface area contributed by atoms with Gasteiger partial charge in [-0.3, -0.25) is 0 Å². The predicted molar refractivity (Wildman–Crippen MR) is 64.0 cm³/mol. The first-order valence-electron chi connectivity index (χ1n) is 5.25. The number of sulfonamides is 1. The summed E-state index contributed by atoms with van der Waals surface area (Å²) in [5.41, 5.74) is -0.150. The van der Waals surface area contributed by atoms with E-state index in [1.54, 1.807) is 0 Å². The third-order valence-electron chi connectivity index (χ3n) is 2.60. The molecule has 0 aliphatic heterocycles. The van der Waals surface area contributed by atoms with Crippen LogP contribution in [-0.4, -0.2) is 43.8 Å². The lowest BCUT2D eigenvalue weighted by atomic mass is 10.1. The van der Waals surface area contributed by atoms with Crippen molar-refractivity contribution in [2.45, 2.75) is 18.2 Å². The van der Waals surface area contributed by atoms with Gasteiger partial charge in [0.15, 0.2) is 0 Å². The molecule has 19 heavy (non-hydrogen) atoms. The van der Waals surface area contributed by atoms with E-state index in [0.29, 0.717) is 4.31 Å². The van der Waals surface area contributed by atoms with Gasteiger partial charge in [-0.25, -0.2) is 22.0 Å². The highest BCUT2D eigenvalue weighted by atomic mass is 32.2. The summed E-state index contributed by atoms with van der Waals surface area (Å²) < 4.78 is 49.1. The van der Waals surface area contributed by atoms with Crippen molar-refractivity contribution >= 4 is 16.0 Å². The number of alkyl halides is 2. The first-order valence-corrected chi connectivity index (χ1v) is 6.69. The van der Waals surface area contributed by atoms with E-state index in [1.807, 2.05) is 0 Å². The summed E-state index contributed by atoms with van der Waals surface area (Å²) in [6.45, 7) is 0.381. The van der Waals surface area contributed by atoms with Crippen LogP contribution in [-0.2, 0) is 10.0 Å². The quantitative estimate of drug-likeness (QED) is 0.894. The molecule has 1 aromatic rings. The number of aromatic carboxylic acids is 1. The molecule has 1 aromatic carbocycles. The molecule has 0 heterocycles. The van der Waals surface area contributed by atoms with Crippen molar-refractivity contribution in [1.82, 2.24) is 4.31 Å². The van der Waals surface area contributed by atoms with Crippen molar-refractivity contribution in [2.75, 3.05) is 13.6 Å². The van der Waals surface area contributed by atoms with Gasteiger partial charge >= 0.3 is 5.97 Å². The molecule has 1 rings (SSSR count). The predicted octanol–water partition coefficient (Wildman–Crippen LogP) is 1.58. The lowest BCUT2D eigenvalue weighted by molar-refractivity contribution is 0.0695. The van der Waals surface area contributed by atoms with Crippen LogP contribution in [0.1, 0.15) is 15.9 Å². The number of carboxylic acid groups (broad SMARTS) is 1. The smallest absolute Gasteiger partial charge is 0.335 e. The Hall–Kier alpha value is -1.54. The molecule has 0 unspecified atom stereocenters. The van der Waals surface area contributed by atoms with E-state index in [9.17, 15) is 22.0 Å². The highest BCUT2D eigenvalue weighted by molar-refractivity contribution is 7.89. The number of carboxylic acids is 1. The van der Waals surface area contributed by atoms with E-state index in [2.05, 4.69) is 0 Å². The number of hydrogen-bond donors (Lipinski definition) is 1. The standard InChI is InChI=1S/C11H13F2NO4S/c1-7-8(11(15)16)4-3-5-9(7)19(17,18)14(2)6-10(12)13/h3-5,10H,6H2,1-2H3,(H,15,16). The van der Waals surface area contributed by atoms with Gasteiger partial charge in [-0.1, -0.05) is 6.07 Å². The molecular formula is C11H13F2NO4S. The molecule has 0 bridgehead atoms. The van der Waals surface area contributed by atoms with Crippen LogP contribution < -0.4 is 0 Å². The number of hydrogen-bond acceptors (Lipinski definition) is 3. The molecule has 0 aliphatic carbocycles. The summed E-state index contributed by atoms with van der Waals surface area (Å²) in [6, 6.07) is 3.71. The van der Waals surface area contributed by atoms with E-state index < -0.39 is 29.0 Å². The topological polar surface area (TPSA) is 74.7 Å². The summed E-state index contributed by atoms with van der Waals surface area (Å²) >= 11 is 0. The Morgan fingerprint density at radius 3 is 2.47 bits per heavy atom.